The van der Waals surface area contributed by atoms with Crippen LogP contribution in [0.2, 0.25) is 0 Å². The van der Waals surface area contributed by atoms with Gasteiger partial charge in [0.1, 0.15) is 11.5 Å². The smallest absolute Gasteiger partial charge is 0.266 e. The van der Waals surface area contributed by atoms with E-state index in [0.29, 0.717) is 33.7 Å². The molecule has 0 saturated heterocycles. The zero-order chi connectivity index (χ0) is 18.8. The Bertz CT molecular complexity index is 1420. The predicted octanol–water partition coefficient (Wildman–Crippen LogP) is 3.80. The number of aliphatic imine (C=N–C) groups is 1. The standard InChI is InChI=1S/C23H13N3O2/c27-21-13-7-1-4-10-16(13)24-20(21)19-15-9-3-6-12-18(15)26-22(19)25-17-11-5-2-8-14(17)23(26)28/h1-12,19H. The lowest BCUT2D eigenvalue weighted by molar-refractivity contribution is 0.106. The first-order valence-electron chi connectivity index (χ1n) is 9.07. The summed E-state index contributed by atoms with van der Waals surface area (Å²) in [6, 6.07) is 22.3. The number of aromatic nitrogens is 2. The van der Waals surface area contributed by atoms with Gasteiger partial charge in [-0.25, -0.2) is 9.98 Å². The van der Waals surface area contributed by atoms with Crippen molar-refractivity contribution in [2.45, 2.75) is 5.92 Å². The fraction of sp³-hybridized carbons (Fsp3) is 0.0435. The summed E-state index contributed by atoms with van der Waals surface area (Å²) in [4.78, 5) is 35.8. The minimum atomic E-state index is -0.464. The molecule has 0 radical (unpaired) electrons. The average molecular weight is 363 g/mol. The number of fused-ring (bicyclic) bond motifs is 5. The summed E-state index contributed by atoms with van der Waals surface area (Å²) in [6.45, 7) is 0. The Labute approximate surface area is 159 Å². The molecule has 1 atom stereocenters. The summed E-state index contributed by atoms with van der Waals surface area (Å²) in [6.07, 6.45) is 0. The van der Waals surface area contributed by atoms with Crippen molar-refractivity contribution in [2.75, 3.05) is 0 Å². The number of carbonyl (C=O) groups excluding carboxylic acids is 1. The molecular weight excluding hydrogens is 350 g/mol. The van der Waals surface area contributed by atoms with E-state index < -0.39 is 5.92 Å². The lowest BCUT2D eigenvalue weighted by Crippen LogP contribution is -2.24. The SMILES string of the molecule is O=C1C(C2c3ccccc3-n3c2nc2ccccc2c3=O)=Nc2ccccc21. The second kappa shape index (κ2) is 5.33. The van der Waals surface area contributed by atoms with E-state index in [1.54, 1.807) is 16.7 Å². The number of ketones is 1. The molecule has 3 heterocycles. The van der Waals surface area contributed by atoms with Crippen molar-refractivity contribution < 1.29 is 4.79 Å². The molecule has 2 aliphatic heterocycles. The second-order valence-corrected chi connectivity index (χ2v) is 6.96. The Kier molecular flexibility index (Phi) is 2.90. The number of para-hydroxylation sites is 3. The van der Waals surface area contributed by atoms with E-state index in [2.05, 4.69) is 4.99 Å². The van der Waals surface area contributed by atoms with Gasteiger partial charge in [-0.1, -0.05) is 42.5 Å². The summed E-state index contributed by atoms with van der Waals surface area (Å²) >= 11 is 0. The Morgan fingerprint density at radius 1 is 0.821 bits per heavy atom. The Morgan fingerprint density at radius 2 is 1.57 bits per heavy atom. The van der Waals surface area contributed by atoms with Crippen LogP contribution < -0.4 is 5.56 Å². The Balaban J connectivity index is 1.68. The van der Waals surface area contributed by atoms with Crippen molar-refractivity contribution in [3.05, 3.63) is 100 Å². The highest BCUT2D eigenvalue weighted by molar-refractivity contribution is 6.52. The van der Waals surface area contributed by atoms with Gasteiger partial charge in [0, 0.05) is 5.56 Å². The van der Waals surface area contributed by atoms with Crippen molar-refractivity contribution >= 4 is 28.1 Å². The Morgan fingerprint density at radius 3 is 2.46 bits per heavy atom. The normalized spacial score (nSPS) is 16.6. The molecule has 28 heavy (non-hydrogen) atoms. The van der Waals surface area contributed by atoms with E-state index in [1.807, 2.05) is 60.7 Å². The number of rotatable bonds is 1. The van der Waals surface area contributed by atoms with Crippen LogP contribution in [0, 0.1) is 0 Å². The molecular formula is C23H13N3O2. The van der Waals surface area contributed by atoms with Crippen LogP contribution >= 0.6 is 0 Å². The molecule has 0 spiro atoms. The molecule has 0 N–H and O–H groups in total. The van der Waals surface area contributed by atoms with Crippen LogP contribution in [0.3, 0.4) is 0 Å². The van der Waals surface area contributed by atoms with E-state index in [9.17, 15) is 9.59 Å². The molecule has 5 nitrogen and oxygen atoms in total. The van der Waals surface area contributed by atoms with Crippen LogP contribution in [0.25, 0.3) is 16.6 Å². The molecule has 6 rings (SSSR count). The maximum absolute atomic E-state index is 13.2. The average Bonchev–Trinajstić information content (AvgIpc) is 3.23. The molecule has 4 aromatic rings. The quantitative estimate of drug-likeness (QED) is 0.517. The minimum absolute atomic E-state index is 0.105. The van der Waals surface area contributed by atoms with Gasteiger partial charge in [0.15, 0.2) is 0 Å². The Hall–Kier alpha value is -3.86. The van der Waals surface area contributed by atoms with Gasteiger partial charge in [0.2, 0.25) is 5.78 Å². The number of hydrogen-bond donors (Lipinski definition) is 0. The summed E-state index contributed by atoms with van der Waals surface area (Å²) in [5, 5.41) is 0.560. The highest BCUT2D eigenvalue weighted by Crippen LogP contribution is 2.41. The summed E-state index contributed by atoms with van der Waals surface area (Å²) in [5.41, 5.74) is 3.82. The number of Topliss-reactive ketones (excluding diaryl/α,β-unsaturated/α-hetero) is 1. The maximum Gasteiger partial charge on any atom is 0.266 e. The van der Waals surface area contributed by atoms with Crippen LogP contribution in [-0.2, 0) is 0 Å². The third kappa shape index (κ3) is 1.85. The molecule has 0 saturated carbocycles. The van der Waals surface area contributed by atoms with Gasteiger partial charge in [-0.3, -0.25) is 14.2 Å². The van der Waals surface area contributed by atoms with E-state index in [-0.39, 0.29) is 11.3 Å². The molecule has 2 aliphatic rings. The largest absolute Gasteiger partial charge is 0.287 e. The maximum atomic E-state index is 13.2. The number of hydrogen-bond acceptors (Lipinski definition) is 4. The molecule has 1 unspecified atom stereocenters. The topological polar surface area (TPSA) is 64.3 Å². The van der Waals surface area contributed by atoms with Gasteiger partial charge in [0.05, 0.1) is 28.2 Å². The zero-order valence-electron chi connectivity index (χ0n) is 14.7. The van der Waals surface area contributed by atoms with Gasteiger partial charge < -0.3 is 0 Å². The van der Waals surface area contributed by atoms with Crippen LogP contribution in [-0.4, -0.2) is 21.0 Å². The molecule has 0 bridgehead atoms. The van der Waals surface area contributed by atoms with Crippen molar-refractivity contribution in [2.24, 2.45) is 4.99 Å². The van der Waals surface area contributed by atoms with E-state index in [0.717, 1.165) is 11.3 Å². The minimum Gasteiger partial charge on any atom is -0.287 e. The van der Waals surface area contributed by atoms with Crippen LogP contribution in [0.1, 0.15) is 27.7 Å². The fourth-order valence-corrected chi connectivity index (χ4v) is 4.20. The first-order valence-corrected chi connectivity index (χ1v) is 9.07. The van der Waals surface area contributed by atoms with E-state index in [1.165, 1.54) is 0 Å². The fourth-order valence-electron chi connectivity index (χ4n) is 4.20. The van der Waals surface area contributed by atoms with Gasteiger partial charge in [0.25, 0.3) is 5.56 Å². The van der Waals surface area contributed by atoms with Crippen molar-refractivity contribution in [1.82, 2.24) is 9.55 Å². The third-order valence-electron chi connectivity index (χ3n) is 5.44. The van der Waals surface area contributed by atoms with Crippen LogP contribution in [0.15, 0.2) is 82.6 Å². The number of nitrogens with zero attached hydrogens (tertiary/aromatic N) is 3. The van der Waals surface area contributed by atoms with Crippen LogP contribution in [0.4, 0.5) is 5.69 Å². The van der Waals surface area contributed by atoms with E-state index in [4.69, 9.17) is 4.98 Å². The van der Waals surface area contributed by atoms with Gasteiger partial charge in [-0.2, -0.15) is 0 Å². The van der Waals surface area contributed by atoms with E-state index >= 15 is 0 Å². The molecule has 132 valence electrons. The lowest BCUT2D eigenvalue weighted by atomic mass is 9.91. The predicted molar refractivity (Wildman–Crippen MR) is 107 cm³/mol. The summed E-state index contributed by atoms with van der Waals surface area (Å²) in [7, 11) is 0. The molecule has 5 heteroatoms. The van der Waals surface area contributed by atoms with Crippen LogP contribution in [0.5, 0.6) is 0 Å². The summed E-state index contributed by atoms with van der Waals surface area (Å²) in [5.74, 6) is -0.0236. The molecule has 1 aromatic heterocycles. The molecule has 0 fully saturated rings. The third-order valence-corrected chi connectivity index (χ3v) is 5.44. The molecule has 0 amide bonds. The number of carbonyl (C=O) groups is 1. The first kappa shape index (κ1) is 15.2. The highest BCUT2D eigenvalue weighted by Gasteiger charge is 2.40. The lowest BCUT2D eigenvalue weighted by Gasteiger charge is -2.11. The van der Waals surface area contributed by atoms with Crippen molar-refractivity contribution in [1.29, 1.82) is 0 Å². The number of benzene rings is 3. The van der Waals surface area contributed by atoms with Gasteiger partial charge >= 0.3 is 0 Å². The zero-order valence-corrected chi connectivity index (χ0v) is 14.7. The second-order valence-electron chi connectivity index (χ2n) is 6.96. The van der Waals surface area contributed by atoms with Gasteiger partial charge in [-0.15, -0.1) is 0 Å². The molecule has 3 aromatic carbocycles. The van der Waals surface area contributed by atoms with Gasteiger partial charge in [-0.05, 0) is 35.9 Å². The monoisotopic (exact) mass is 363 g/mol. The molecule has 0 aliphatic carbocycles. The van der Waals surface area contributed by atoms with Crippen molar-refractivity contribution in [3.63, 3.8) is 0 Å². The summed E-state index contributed by atoms with van der Waals surface area (Å²) < 4.78 is 1.63. The van der Waals surface area contributed by atoms with Crippen molar-refractivity contribution in [3.8, 4) is 5.69 Å². The highest BCUT2D eigenvalue weighted by atomic mass is 16.1. The first-order chi connectivity index (χ1) is 13.7.